The van der Waals surface area contributed by atoms with E-state index in [2.05, 4.69) is 19.1 Å². The van der Waals surface area contributed by atoms with Crippen molar-refractivity contribution in [3.63, 3.8) is 0 Å². The summed E-state index contributed by atoms with van der Waals surface area (Å²) >= 11 is 0. The Balaban J connectivity index is 1.80. The van der Waals surface area contributed by atoms with E-state index in [0.29, 0.717) is 5.92 Å². The van der Waals surface area contributed by atoms with E-state index in [1.165, 1.54) is 6.42 Å². The van der Waals surface area contributed by atoms with Crippen LogP contribution in [0.4, 0.5) is 0 Å². The Bertz CT molecular complexity index is 230. The van der Waals surface area contributed by atoms with Crippen molar-refractivity contribution in [1.82, 2.24) is 0 Å². The van der Waals surface area contributed by atoms with Gasteiger partial charge in [-0.1, -0.05) is 19.1 Å². The molecule has 2 heteroatoms. The summed E-state index contributed by atoms with van der Waals surface area (Å²) in [7, 11) is 0. The van der Waals surface area contributed by atoms with Gasteiger partial charge in [0.15, 0.2) is 6.29 Å². The largest absolute Gasteiger partial charge is 0.350 e. The van der Waals surface area contributed by atoms with E-state index in [4.69, 9.17) is 9.47 Å². The normalized spacial score (nSPS) is 49.3. The highest BCUT2D eigenvalue weighted by atomic mass is 16.7. The van der Waals surface area contributed by atoms with Crippen LogP contribution >= 0.6 is 0 Å². The smallest absolute Gasteiger partial charge is 0.161 e. The van der Waals surface area contributed by atoms with Gasteiger partial charge in [-0.3, -0.25) is 0 Å². The summed E-state index contributed by atoms with van der Waals surface area (Å²) in [5.41, 5.74) is 0. The monoisotopic (exact) mass is 180 g/mol. The van der Waals surface area contributed by atoms with Crippen LogP contribution < -0.4 is 0 Å². The van der Waals surface area contributed by atoms with E-state index in [0.717, 1.165) is 31.0 Å². The molecule has 0 radical (unpaired) electrons. The summed E-state index contributed by atoms with van der Waals surface area (Å²) in [5, 5.41) is 0. The SMILES string of the molecule is C[C@H]1[C@H](C2OCCO2)[C@@H]2C=C[C@H]1C2. The van der Waals surface area contributed by atoms with E-state index in [9.17, 15) is 0 Å². The first-order valence-electron chi connectivity index (χ1n) is 5.28. The minimum Gasteiger partial charge on any atom is -0.350 e. The first kappa shape index (κ1) is 8.01. The molecular formula is C11H16O2. The van der Waals surface area contributed by atoms with Crippen molar-refractivity contribution in [2.24, 2.45) is 23.7 Å². The minimum atomic E-state index is 0.0925. The van der Waals surface area contributed by atoms with Crippen molar-refractivity contribution in [3.8, 4) is 0 Å². The molecule has 3 aliphatic rings. The van der Waals surface area contributed by atoms with Gasteiger partial charge in [-0.25, -0.2) is 0 Å². The highest BCUT2D eigenvalue weighted by Crippen LogP contribution is 2.50. The van der Waals surface area contributed by atoms with Crippen molar-refractivity contribution in [2.45, 2.75) is 19.6 Å². The molecule has 0 unspecified atom stereocenters. The Kier molecular flexibility index (Phi) is 1.74. The lowest BCUT2D eigenvalue weighted by atomic mass is 9.84. The third-order valence-electron chi connectivity index (χ3n) is 3.89. The maximum absolute atomic E-state index is 5.60. The second-order valence-electron chi connectivity index (χ2n) is 4.49. The molecule has 1 saturated heterocycles. The average molecular weight is 180 g/mol. The van der Waals surface area contributed by atoms with Crippen LogP contribution in [-0.4, -0.2) is 19.5 Å². The van der Waals surface area contributed by atoms with Crippen molar-refractivity contribution >= 4 is 0 Å². The summed E-state index contributed by atoms with van der Waals surface area (Å²) in [5.74, 6) is 2.89. The van der Waals surface area contributed by atoms with Gasteiger partial charge in [0.05, 0.1) is 13.2 Å². The molecule has 3 rings (SSSR count). The molecule has 0 spiro atoms. The summed E-state index contributed by atoms with van der Waals surface area (Å²) in [6, 6.07) is 0. The molecule has 72 valence electrons. The standard InChI is InChI=1S/C11H16O2/c1-7-8-2-3-9(6-8)10(7)11-12-4-5-13-11/h2-3,7-11H,4-6H2,1H3/t7-,8+,9-,10+/m1/s1. The van der Waals surface area contributed by atoms with Crippen molar-refractivity contribution < 1.29 is 9.47 Å². The Hall–Kier alpha value is -0.340. The molecule has 2 aliphatic carbocycles. The van der Waals surface area contributed by atoms with Crippen LogP contribution in [0, 0.1) is 23.7 Å². The summed E-state index contributed by atoms with van der Waals surface area (Å²) in [6.45, 7) is 3.91. The zero-order chi connectivity index (χ0) is 8.84. The van der Waals surface area contributed by atoms with Gasteiger partial charge >= 0.3 is 0 Å². The fraction of sp³-hybridized carbons (Fsp3) is 0.818. The highest BCUT2D eigenvalue weighted by molar-refractivity contribution is 5.13. The second-order valence-corrected chi connectivity index (χ2v) is 4.49. The Labute approximate surface area is 78.9 Å². The van der Waals surface area contributed by atoms with E-state index in [1.54, 1.807) is 0 Å². The van der Waals surface area contributed by atoms with E-state index in [1.807, 2.05) is 0 Å². The van der Waals surface area contributed by atoms with E-state index < -0.39 is 0 Å². The Morgan fingerprint density at radius 1 is 1.08 bits per heavy atom. The van der Waals surface area contributed by atoms with Gasteiger partial charge in [0, 0.05) is 5.92 Å². The predicted molar refractivity (Wildman–Crippen MR) is 49.1 cm³/mol. The first-order valence-corrected chi connectivity index (χ1v) is 5.28. The van der Waals surface area contributed by atoms with Crippen LogP contribution in [0.1, 0.15) is 13.3 Å². The van der Waals surface area contributed by atoms with Crippen LogP contribution in [-0.2, 0) is 9.47 Å². The summed E-state index contributed by atoms with van der Waals surface area (Å²) in [4.78, 5) is 0. The molecule has 2 nitrogen and oxygen atoms in total. The van der Waals surface area contributed by atoms with Gasteiger partial charge in [0.25, 0.3) is 0 Å². The van der Waals surface area contributed by atoms with Crippen molar-refractivity contribution in [1.29, 1.82) is 0 Å². The molecule has 0 amide bonds. The molecular weight excluding hydrogens is 164 g/mol. The molecule has 0 aromatic heterocycles. The number of allylic oxidation sites excluding steroid dienone is 2. The van der Waals surface area contributed by atoms with Gasteiger partial charge in [-0.05, 0) is 24.2 Å². The van der Waals surface area contributed by atoms with Crippen LogP contribution in [0.5, 0.6) is 0 Å². The van der Waals surface area contributed by atoms with Gasteiger partial charge in [0.1, 0.15) is 0 Å². The number of ether oxygens (including phenoxy) is 2. The zero-order valence-electron chi connectivity index (χ0n) is 7.98. The van der Waals surface area contributed by atoms with Crippen LogP contribution in [0.15, 0.2) is 12.2 Å². The Morgan fingerprint density at radius 2 is 1.77 bits per heavy atom. The van der Waals surface area contributed by atoms with Gasteiger partial charge < -0.3 is 9.47 Å². The second kappa shape index (κ2) is 2.82. The molecule has 1 saturated carbocycles. The third kappa shape index (κ3) is 1.09. The van der Waals surface area contributed by atoms with E-state index >= 15 is 0 Å². The summed E-state index contributed by atoms with van der Waals surface area (Å²) in [6.07, 6.45) is 6.16. The fourth-order valence-corrected chi connectivity index (χ4v) is 3.16. The quantitative estimate of drug-likeness (QED) is 0.573. The molecule has 1 aliphatic heterocycles. The van der Waals surface area contributed by atoms with E-state index in [-0.39, 0.29) is 6.29 Å². The molecule has 4 atom stereocenters. The molecule has 2 fully saturated rings. The van der Waals surface area contributed by atoms with Crippen molar-refractivity contribution in [2.75, 3.05) is 13.2 Å². The van der Waals surface area contributed by atoms with Crippen LogP contribution in [0.3, 0.4) is 0 Å². The molecule has 13 heavy (non-hydrogen) atoms. The molecule has 0 aromatic rings. The maximum Gasteiger partial charge on any atom is 0.161 e. The van der Waals surface area contributed by atoms with Crippen LogP contribution in [0.25, 0.3) is 0 Å². The van der Waals surface area contributed by atoms with Crippen LogP contribution in [0.2, 0.25) is 0 Å². The number of hydrogen-bond acceptors (Lipinski definition) is 2. The number of fused-ring (bicyclic) bond motifs is 2. The highest BCUT2D eigenvalue weighted by Gasteiger charge is 2.47. The molecule has 2 bridgehead atoms. The summed E-state index contributed by atoms with van der Waals surface area (Å²) < 4.78 is 11.2. The molecule has 0 N–H and O–H groups in total. The first-order chi connectivity index (χ1) is 6.36. The fourth-order valence-electron chi connectivity index (χ4n) is 3.16. The Morgan fingerprint density at radius 3 is 2.38 bits per heavy atom. The zero-order valence-corrected chi connectivity index (χ0v) is 7.98. The minimum absolute atomic E-state index is 0.0925. The van der Waals surface area contributed by atoms with Crippen molar-refractivity contribution in [3.05, 3.63) is 12.2 Å². The number of rotatable bonds is 1. The lowest BCUT2D eigenvalue weighted by molar-refractivity contribution is -0.102. The lowest BCUT2D eigenvalue weighted by Crippen LogP contribution is -2.30. The topological polar surface area (TPSA) is 18.5 Å². The molecule has 1 heterocycles. The van der Waals surface area contributed by atoms with Gasteiger partial charge in [-0.15, -0.1) is 0 Å². The maximum atomic E-state index is 5.60. The average Bonchev–Trinajstić information content (AvgIpc) is 2.76. The van der Waals surface area contributed by atoms with Gasteiger partial charge in [0.2, 0.25) is 0 Å². The lowest BCUT2D eigenvalue weighted by Gasteiger charge is -2.28. The third-order valence-corrected chi connectivity index (χ3v) is 3.89. The van der Waals surface area contributed by atoms with Gasteiger partial charge in [-0.2, -0.15) is 0 Å². The molecule has 0 aromatic carbocycles. The number of hydrogen-bond donors (Lipinski definition) is 0. The predicted octanol–water partition coefficient (Wildman–Crippen LogP) is 1.82.